The molecular formula is C8H16N2. The van der Waals surface area contributed by atoms with Crippen LogP contribution in [0.25, 0.3) is 0 Å². The van der Waals surface area contributed by atoms with Gasteiger partial charge in [-0.3, -0.25) is 4.90 Å². The Labute approximate surface area is 62.7 Å². The first kappa shape index (κ1) is 7.76. The van der Waals surface area contributed by atoms with E-state index in [-0.39, 0.29) is 0 Å². The van der Waals surface area contributed by atoms with Crippen molar-refractivity contribution in [3.63, 3.8) is 0 Å². The average molecular weight is 140 g/mol. The van der Waals surface area contributed by atoms with E-state index in [1.165, 1.54) is 18.5 Å². The highest BCUT2D eigenvalue weighted by Gasteiger charge is 2.06. The molecule has 1 aliphatic heterocycles. The molecule has 0 saturated heterocycles. The maximum atomic E-state index is 5.43. The Morgan fingerprint density at radius 2 is 2.50 bits per heavy atom. The van der Waals surface area contributed by atoms with E-state index in [2.05, 4.69) is 17.9 Å². The van der Waals surface area contributed by atoms with Gasteiger partial charge in [0.15, 0.2) is 0 Å². The van der Waals surface area contributed by atoms with Gasteiger partial charge in [0.2, 0.25) is 0 Å². The van der Waals surface area contributed by atoms with Crippen LogP contribution in [0, 0.1) is 0 Å². The third-order valence-corrected chi connectivity index (χ3v) is 1.97. The van der Waals surface area contributed by atoms with Crippen LogP contribution in [0.3, 0.4) is 0 Å². The normalized spacial score (nSPS) is 20.8. The van der Waals surface area contributed by atoms with Crippen molar-refractivity contribution in [3.05, 3.63) is 11.6 Å². The highest BCUT2D eigenvalue weighted by molar-refractivity contribution is 5.03. The van der Waals surface area contributed by atoms with Crippen molar-refractivity contribution in [2.24, 2.45) is 5.73 Å². The monoisotopic (exact) mass is 140 g/mol. The summed E-state index contributed by atoms with van der Waals surface area (Å²) in [6.45, 7) is 6.32. The van der Waals surface area contributed by atoms with Crippen molar-refractivity contribution in [2.75, 3.05) is 26.2 Å². The van der Waals surface area contributed by atoms with Gasteiger partial charge in [0.05, 0.1) is 0 Å². The Bertz CT molecular complexity index is 129. The van der Waals surface area contributed by atoms with E-state index in [9.17, 15) is 0 Å². The van der Waals surface area contributed by atoms with Gasteiger partial charge >= 0.3 is 0 Å². The summed E-state index contributed by atoms with van der Waals surface area (Å²) < 4.78 is 0. The first-order valence-corrected chi connectivity index (χ1v) is 3.91. The maximum Gasteiger partial charge on any atom is 0.0166 e. The lowest BCUT2D eigenvalue weighted by Crippen LogP contribution is -2.32. The van der Waals surface area contributed by atoms with Gasteiger partial charge in [0.1, 0.15) is 0 Å². The van der Waals surface area contributed by atoms with Crippen molar-refractivity contribution >= 4 is 0 Å². The number of hydrogen-bond acceptors (Lipinski definition) is 2. The van der Waals surface area contributed by atoms with Crippen molar-refractivity contribution in [1.82, 2.24) is 4.90 Å². The molecular weight excluding hydrogens is 124 g/mol. The summed E-state index contributed by atoms with van der Waals surface area (Å²) in [5.41, 5.74) is 6.95. The summed E-state index contributed by atoms with van der Waals surface area (Å²) in [6.07, 6.45) is 3.51. The topological polar surface area (TPSA) is 29.3 Å². The van der Waals surface area contributed by atoms with Crippen molar-refractivity contribution in [3.8, 4) is 0 Å². The first-order chi connectivity index (χ1) is 4.83. The van der Waals surface area contributed by atoms with Gasteiger partial charge in [0, 0.05) is 26.2 Å². The molecule has 0 atom stereocenters. The molecule has 0 aromatic rings. The SMILES string of the molecule is CC1=CCN(CCN)CC1. The molecule has 0 radical (unpaired) electrons. The van der Waals surface area contributed by atoms with Crippen LogP contribution in [0.15, 0.2) is 11.6 Å². The predicted molar refractivity (Wildman–Crippen MR) is 43.9 cm³/mol. The molecule has 1 heterocycles. The molecule has 0 fully saturated rings. The molecule has 0 unspecified atom stereocenters. The molecule has 2 nitrogen and oxygen atoms in total. The lowest BCUT2D eigenvalue weighted by molar-refractivity contribution is 0.302. The fourth-order valence-corrected chi connectivity index (χ4v) is 1.20. The summed E-state index contributed by atoms with van der Waals surface area (Å²) in [5, 5.41) is 0. The predicted octanol–water partition coefficient (Wildman–Crippen LogP) is 0.597. The number of hydrogen-bond donors (Lipinski definition) is 1. The molecule has 2 N–H and O–H groups in total. The lowest BCUT2D eigenvalue weighted by atomic mass is 10.1. The van der Waals surface area contributed by atoms with E-state index < -0.39 is 0 Å². The van der Waals surface area contributed by atoms with Crippen LogP contribution in [0.5, 0.6) is 0 Å². The van der Waals surface area contributed by atoms with Gasteiger partial charge in [-0.2, -0.15) is 0 Å². The average Bonchev–Trinajstić information content (AvgIpc) is 1.95. The van der Waals surface area contributed by atoms with E-state index in [1.807, 2.05) is 0 Å². The minimum Gasteiger partial charge on any atom is -0.329 e. The molecule has 0 amide bonds. The summed E-state index contributed by atoms with van der Waals surface area (Å²) in [4.78, 5) is 2.38. The smallest absolute Gasteiger partial charge is 0.0166 e. The van der Waals surface area contributed by atoms with Crippen LogP contribution in [0.1, 0.15) is 13.3 Å². The molecule has 0 bridgehead atoms. The zero-order valence-electron chi connectivity index (χ0n) is 6.64. The molecule has 0 aromatic heterocycles. The van der Waals surface area contributed by atoms with Gasteiger partial charge in [-0.25, -0.2) is 0 Å². The zero-order chi connectivity index (χ0) is 7.40. The van der Waals surface area contributed by atoms with E-state index >= 15 is 0 Å². The molecule has 0 aliphatic carbocycles. The van der Waals surface area contributed by atoms with Gasteiger partial charge in [0.25, 0.3) is 0 Å². The van der Waals surface area contributed by atoms with E-state index in [4.69, 9.17) is 5.73 Å². The minimum absolute atomic E-state index is 0.785. The number of nitrogens with zero attached hydrogens (tertiary/aromatic N) is 1. The fourth-order valence-electron chi connectivity index (χ4n) is 1.20. The number of nitrogens with two attached hydrogens (primary N) is 1. The van der Waals surface area contributed by atoms with Crippen LogP contribution in [0.2, 0.25) is 0 Å². The third-order valence-electron chi connectivity index (χ3n) is 1.97. The van der Waals surface area contributed by atoms with Crippen molar-refractivity contribution in [2.45, 2.75) is 13.3 Å². The molecule has 1 rings (SSSR count). The van der Waals surface area contributed by atoms with E-state index in [1.54, 1.807) is 0 Å². The molecule has 1 aliphatic rings. The summed E-state index contributed by atoms with van der Waals surface area (Å²) in [5.74, 6) is 0. The highest BCUT2D eigenvalue weighted by Crippen LogP contribution is 2.07. The first-order valence-electron chi connectivity index (χ1n) is 3.91. The molecule has 2 heteroatoms. The Balaban J connectivity index is 2.27. The standard InChI is InChI=1S/C8H16N2/c1-8-2-5-10(6-3-8)7-4-9/h2H,3-7,9H2,1H3. The Morgan fingerprint density at radius 3 is 3.00 bits per heavy atom. The quantitative estimate of drug-likeness (QED) is 0.569. The summed E-state index contributed by atoms with van der Waals surface area (Å²) in [7, 11) is 0. The molecule has 0 saturated carbocycles. The van der Waals surface area contributed by atoms with Gasteiger partial charge < -0.3 is 5.73 Å². The second-order valence-electron chi connectivity index (χ2n) is 2.89. The third kappa shape index (κ3) is 2.12. The van der Waals surface area contributed by atoms with Crippen molar-refractivity contribution < 1.29 is 0 Å². The van der Waals surface area contributed by atoms with Crippen LogP contribution in [-0.2, 0) is 0 Å². The van der Waals surface area contributed by atoms with Gasteiger partial charge in [-0.1, -0.05) is 11.6 Å². The maximum absolute atomic E-state index is 5.43. The van der Waals surface area contributed by atoms with Gasteiger partial charge in [-0.05, 0) is 13.3 Å². The Morgan fingerprint density at radius 1 is 1.70 bits per heavy atom. The molecule has 58 valence electrons. The van der Waals surface area contributed by atoms with Crippen LogP contribution < -0.4 is 5.73 Å². The molecule has 10 heavy (non-hydrogen) atoms. The number of rotatable bonds is 2. The Kier molecular flexibility index (Phi) is 2.90. The van der Waals surface area contributed by atoms with E-state index in [0.29, 0.717) is 0 Å². The van der Waals surface area contributed by atoms with Crippen LogP contribution in [0.4, 0.5) is 0 Å². The van der Waals surface area contributed by atoms with Crippen molar-refractivity contribution in [1.29, 1.82) is 0 Å². The van der Waals surface area contributed by atoms with E-state index in [0.717, 1.165) is 19.6 Å². The molecule has 0 aromatic carbocycles. The second-order valence-corrected chi connectivity index (χ2v) is 2.89. The van der Waals surface area contributed by atoms with Crippen LogP contribution >= 0.6 is 0 Å². The van der Waals surface area contributed by atoms with Gasteiger partial charge in [-0.15, -0.1) is 0 Å². The molecule has 0 spiro atoms. The van der Waals surface area contributed by atoms with Crippen LogP contribution in [-0.4, -0.2) is 31.1 Å². The second kappa shape index (κ2) is 3.74. The zero-order valence-corrected chi connectivity index (χ0v) is 6.64. The lowest BCUT2D eigenvalue weighted by Gasteiger charge is -2.24. The Hall–Kier alpha value is -0.340. The minimum atomic E-state index is 0.785. The largest absolute Gasteiger partial charge is 0.329 e. The summed E-state index contributed by atoms with van der Waals surface area (Å²) in [6, 6.07) is 0. The summed E-state index contributed by atoms with van der Waals surface area (Å²) >= 11 is 0. The highest BCUT2D eigenvalue weighted by atomic mass is 15.1. The fraction of sp³-hybridized carbons (Fsp3) is 0.750.